The Morgan fingerprint density at radius 2 is 1.81 bits per heavy atom. The average molecular weight is 407 g/mol. The molecule has 2 aliphatic heterocycles. The molecule has 0 spiro atoms. The normalized spacial score (nSPS) is 20.0. The molecule has 1 fully saturated rings. The fourth-order valence-electron chi connectivity index (χ4n) is 3.47. The number of benzene rings is 2. The van der Waals surface area contributed by atoms with Crippen molar-refractivity contribution < 1.29 is 18.0 Å². The summed E-state index contributed by atoms with van der Waals surface area (Å²) in [4.78, 5) is 25.0. The van der Waals surface area contributed by atoms with Gasteiger partial charge in [0.15, 0.2) is 5.78 Å². The molecular weight excluding hydrogens is 388 g/mol. The summed E-state index contributed by atoms with van der Waals surface area (Å²) in [5, 5.41) is 6.13. The molecule has 1 unspecified atom stereocenters. The minimum Gasteiger partial charge on any atom is -0.348 e. The second kappa shape index (κ2) is 7.42. The lowest BCUT2D eigenvalue weighted by Gasteiger charge is -2.24. The van der Waals surface area contributed by atoms with Crippen LogP contribution in [0.5, 0.6) is 0 Å². The molecule has 2 aromatic rings. The highest BCUT2D eigenvalue weighted by Gasteiger charge is 2.35. The van der Waals surface area contributed by atoms with Gasteiger partial charge in [-0.15, -0.1) is 12.4 Å². The number of hydrogen-bond donors (Lipinski definition) is 2. The smallest absolute Gasteiger partial charge is 0.251 e. The number of carbonyl (C=O) groups is 2. The third kappa shape index (κ3) is 3.38. The topological polar surface area (TPSA) is 92.3 Å². The maximum absolute atomic E-state index is 12.9. The van der Waals surface area contributed by atoms with Crippen molar-refractivity contribution in [1.82, 2.24) is 10.6 Å². The lowest BCUT2D eigenvalue weighted by atomic mass is 10.0. The SMILES string of the molecule is Cl.O=C(NC1CCCNC1)c1ccc2c(c1)S(=O)(=O)c1ccccc1C2=O. The molecule has 0 aliphatic carbocycles. The zero-order valence-electron chi connectivity index (χ0n) is 14.4. The van der Waals surface area contributed by atoms with Crippen LogP contribution in [-0.2, 0) is 9.84 Å². The van der Waals surface area contributed by atoms with E-state index >= 15 is 0 Å². The monoisotopic (exact) mass is 406 g/mol. The van der Waals surface area contributed by atoms with Crippen LogP contribution >= 0.6 is 12.4 Å². The molecule has 1 atom stereocenters. The fraction of sp³-hybridized carbons (Fsp3) is 0.263. The van der Waals surface area contributed by atoms with E-state index in [0.29, 0.717) is 6.54 Å². The van der Waals surface area contributed by atoms with Crippen LogP contribution in [0.3, 0.4) is 0 Å². The Balaban J connectivity index is 0.00000210. The Bertz CT molecular complexity index is 1010. The summed E-state index contributed by atoms with van der Waals surface area (Å²) in [6.45, 7) is 1.63. The minimum absolute atomic E-state index is 0. The number of nitrogens with one attached hydrogen (secondary N) is 2. The van der Waals surface area contributed by atoms with Crippen molar-refractivity contribution in [2.24, 2.45) is 0 Å². The molecule has 2 heterocycles. The van der Waals surface area contributed by atoms with Crippen molar-refractivity contribution >= 4 is 33.9 Å². The van der Waals surface area contributed by atoms with E-state index in [2.05, 4.69) is 10.6 Å². The summed E-state index contributed by atoms with van der Waals surface area (Å²) in [6, 6.07) is 10.4. The zero-order chi connectivity index (χ0) is 18.3. The molecule has 0 bridgehead atoms. The lowest BCUT2D eigenvalue weighted by molar-refractivity contribution is 0.0929. The van der Waals surface area contributed by atoms with Gasteiger partial charge in [-0.05, 0) is 49.7 Å². The molecule has 2 N–H and O–H groups in total. The molecule has 2 aliphatic rings. The summed E-state index contributed by atoms with van der Waals surface area (Å²) >= 11 is 0. The van der Waals surface area contributed by atoms with Gasteiger partial charge in [0, 0.05) is 29.3 Å². The number of carbonyl (C=O) groups excluding carboxylic acids is 2. The van der Waals surface area contributed by atoms with Gasteiger partial charge in [-0.2, -0.15) is 0 Å². The van der Waals surface area contributed by atoms with Crippen LogP contribution in [0.15, 0.2) is 52.3 Å². The van der Waals surface area contributed by atoms with Crippen LogP contribution in [0.25, 0.3) is 0 Å². The van der Waals surface area contributed by atoms with E-state index in [1.807, 2.05) is 0 Å². The van der Waals surface area contributed by atoms with Gasteiger partial charge in [-0.25, -0.2) is 8.42 Å². The molecular formula is C19H19ClN2O4S. The van der Waals surface area contributed by atoms with Crippen molar-refractivity contribution in [3.05, 3.63) is 59.2 Å². The number of sulfone groups is 1. The first-order valence-corrected chi connectivity index (χ1v) is 10.0. The van der Waals surface area contributed by atoms with Crippen LogP contribution in [0.4, 0.5) is 0 Å². The highest BCUT2D eigenvalue weighted by Crippen LogP contribution is 2.34. The standard InChI is InChI=1S/C19H18N2O4S.ClH/c22-18-14-5-1-2-6-16(14)26(24,25)17-10-12(7-8-15(17)18)19(23)21-13-4-3-9-20-11-13;/h1-2,5-8,10,13,20H,3-4,9,11H2,(H,21,23);1H. The second-order valence-corrected chi connectivity index (χ2v) is 8.44. The molecule has 1 amide bonds. The molecule has 2 aromatic carbocycles. The van der Waals surface area contributed by atoms with Gasteiger partial charge in [0.05, 0.1) is 9.79 Å². The van der Waals surface area contributed by atoms with Crippen LogP contribution < -0.4 is 10.6 Å². The summed E-state index contributed by atoms with van der Waals surface area (Å²) in [5.41, 5.74) is 0.523. The molecule has 8 heteroatoms. The van der Waals surface area contributed by atoms with Gasteiger partial charge in [0.2, 0.25) is 9.84 Å². The Labute approximate surface area is 163 Å². The summed E-state index contributed by atoms with van der Waals surface area (Å²) in [7, 11) is -3.84. The number of ketones is 1. The molecule has 0 aromatic heterocycles. The summed E-state index contributed by atoms with van der Waals surface area (Å²) in [5.74, 6) is -0.670. The van der Waals surface area contributed by atoms with Crippen molar-refractivity contribution in [1.29, 1.82) is 0 Å². The van der Waals surface area contributed by atoms with Crippen LogP contribution in [0.1, 0.15) is 39.1 Å². The lowest BCUT2D eigenvalue weighted by Crippen LogP contribution is -2.45. The largest absolute Gasteiger partial charge is 0.348 e. The van der Waals surface area contributed by atoms with E-state index in [4.69, 9.17) is 0 Å². The Kier molecular flexibility index (Phi) is 5.37. The molecule has 4 rings (SSSR count). The van der Waals surface area contributed by atoms with Crippen molar-refractivity contribution in [2.45, 2.75) is 28.7 Å². The van der Waals surface area contributed by atoms with E-state index in [0.717, 1.165) is 19.4 Å². The maximum atomic E-state index is 12.9. The first kappa shape index (κ1) is 19.5. The number of fused-ring (bicyclic) bond motifs is 2. The van der Waals surface area contributed by atoms with Gasteiger partial charge >= 0.3 is 0 Å². The summed E-state index contributed by atoms with van der Waals surface area (Å²) in [6.07, 6.45) is 1.86. The molecule has 0 radical (unpaired) electrons. The Morgan fingerprint density at radius 1 is 1.07 bits per heavy atom. The Morgan fingerprint density at radius 3 is 2.56 bits per heavy atom. The number of halogens is 1. The van der Waals surface area contributed by atoms with Gasteiger partial charge in [-0.1, -0.05) is 12.1 Å². The first-order chi connectivity index (χ1) is 12.5. The van der Waals surface area contributed by atoms with Gasteiger partial charge in [0.25, 0.3) is 5.91 Å². The van der Waals surface area contributed by atoms with E-state index in [-0.39, 0.29) is 56.6 Å². The maximum Gasteiger partial charge on any atom is 0.251 e. The van der Waals surface area contributed by atoms with E-state index in [1.165, 1.54) is 30.3 Å². The van der Waals surface area contributed by atoms with Crippen molar-refractivity contribution in [2.75, 3.05) is 13.1 Å². The van der Waals surface area contributed by atoms with Gasteiger partial charge in [-0.3, -0.25) is 9.59 Å². The van der Waals surface area contributed by atoms with E-state index in [1.54, 1.807) is 12.1 Å². The summed E-state index contributed by atoms with van der Waals surface area (Å²) < 4.78 is 25.8. The van der Waals surface area contributed by atoms with Gasteiger partial charge < -0.3 is 10.6 Å². The van der Waals surface area contributed by atoms with E-state index < -0.39 is 9.84 Å². The van der Waals surface area contributed by atoms with Crippen LogP contribution in [-0.4, -0.2) is 39.2 Å². The number of rotatable bonds is 2. The predicted molar refractivity (Wildman–Crippen MR) is 102 cm³/mol. The average Bonchev–Trinajstić information content (AvgIpc) is 2.67. The third-order valence-corrected chi connectivity index (χ3v) is 6.68. The highest BCUT2D eigenvalue weighted by molar-refractivity contribution is 7.91. The third-order valence-electron chi connectivity index (χ3n) is 4.83. The first-order valence-electron chi connectivity index (χ1n) is 8.53. The molecule has 6 nitrogen and oxygen atoms in total. The predicted octanol–water partition coefficient (Wildman–Crippen LogP) is 1.97. The Hall–Kier alpha value is -2.22. The fourth-order valence-corrected chi connectivity index (χ4v) is 5.15. The minimum atomic E-state index is -3.84. The van der Waals surface area contributed by atoms with Crippen LogP contribution in [0, 0.1) is 0 Å². The second-order valence-electron chi connectivity index (χ2n) is 6.56. The van der Waals surface area contributed by atoms with Crippen LogP contribution in [0.2, 0.25) is 0 Å². The highest BCUT2D eigenvalue weighted by atomic mass is 35.5. The quantitative estimate of drug-likeness (QED) is 0.678. The van der Waals surface area contributed by atoms with Gasteiger partial charge in [0.1, 0.15) is 0 Å². The molecule has 142 valence electrons. The molecule has 1 saturated heterocycles. The molecule has 27 heavy (non-hydrogen) atoms. The number of hydrogen-bond acceptors (Lipinski definition) is 5. The number of piperidine rings is 1. The van der Waals surface area contributed by atoms with Crippen molar-refractivity contribution in [3.8, 4) is 0 Å². The van der Waals surface area contributed by atoms with Crippen molar-refractivity contribution in [3.63, 3.8) is 0 Å². The zero-order valence-corrected chi connectivity index (χ0v) is 16.0. The number of amides is 1. The molecule has 0 saturated carbocycles. The van der Waals surface area contributed by atoms with E-state index in [9.17, 15) is 18.0 Å².